The van der Waals surface area contributed by atoms with Gasteiger partial charge in [-0.3, -0.25) is 4.79 Å². The van der Waals surface area contributed by atoms with Gasteiger partial charge in [-0.15, -0.1) is 0 Å². The van der Waals surface area contributed by atoms with Gasteiger partial charge in [-0.1, -0.05) is 19.9 Å². The Morgan fingerprint density at radius 3 is 2.52 bits per heavy atom. The second kappa shape index (κ2) is 8.18. The zero-order valence-electron chi connectivity index (χ0n) is 17.8. The maximum Gasteiger partial charge on any atom is 0.259 e. The Morgan fingerprint density at radius 2 is 1.87 bits per heavy atom. The Balaban J connectivity index is 1.63. The van der Waals surface area contributed by atoms with Crippen molar-refractivity contribution in [2.24, 2.45) is 0 Å². The van der Waals surface area contributed by atoms with Crippen molar-refractivity contribution < 1.29 is 13.6 Å². The molecule has 0 atom stereocenters. The van der Waals surface area contributed by atoms with Crippen molar-refractivity contribution in [3.05, 3.63) is 83.3 Å². The molecule has 0 fully saturated rings. The third-order valence-corrected chi connectivity index (χ3v) is 5.07. The van der Waals surface area contributed by atoms with Gasteiger partial charge < -0.3 is 9.73 Å². The molecular formula is C24H23FN4O2. The first-order valence-corrected chi connectivity index (χ1v) is 10.0. The van der Waals surface area contributed by atoms with Crippen molar-refractivity contribution >= 4 is 11.6 Å². The Bertz CT molecular complexity index is 1220. The molecule has 31 heavy (non-hydrogen) atoms. The summed E-state index contributed by atoms with van der Waals surface area (Å²) in [4.78, 5) is 17.5. The van der Waals surface area contributed by atoms with Crippen molar-refractivity contribution in [2.75, 3.05) is 5.32 Å². The fraction of sp³-hybridized carbons (Fsp3) is 0.208. The molecule has 158 valence electrons. The number of nitrogens with one attached hydrogen (secondary N) is 1. The number of benzene rings is 2. The first-order valence-electron chi connectivity index (χ1n) is 10.0. The van der Waals surface area contributed by atoms with Crippen LogP contribution >= 0.6 is 0 Å². The van der Waals surface area contributed by atoms with Crippen molar-refractivity contribution in [2.45, 2.75) is 33.6 Å². The summed E-state index contributed by atoms with van der Waals surface area (Å²) in [6.07, 6.45) is 1.54. The molecule has 1 amide bonds. The van der Waals surface area contributed by atoms with Crippen molar-refractivity contribution in [3.63, 3.8) is 0 Å². The molecule has 0 aliphatic rings. The van der Waals surface area contributed by atoms with Crippen LogP contribution in [-0.4, -0.2) is 20.7 Å². The van der Waals surface area contributed by atoms with E-state index in [1.165, 1.54) is 12.1 Å². The molecule has 2 aromatic carbocycles. The summed E-state index contributed by atoms with van der Waals surface area (Å²) in [6.45, 7) is 7.73. The standard InChI is InChI=1S/C24H23FN4O2/c1-14(2)22-21(13-26-29(22)20-10-8-18(25)9-11-20)23(30)28-19-7-5-6-17(12-19)24-27-15(3)16(4)31-24/h5-14H,1-4H3,(H,28,30). The van der Waals surface area contributed by atoms with Crippen LogP contribution < -0.4 is 5.32 Å². The predicted molar refractivity (Wildman–Crippen MR) is 117 cm³/mol. The van der Waals surface area contributed by atoms with E-state index in [1.54, 1.807) is 23.0 Å². The molecule has 2 heterocycles. The molecule has 0 aliphatic heterocycles. The summed E-state index contributed by atoms with van der Waals surface area (Å²) in [6, 6.07) is 13.4. The highest BCUT2D eigenvalue weighted by atomic mass is 19.1. The number of rotatable bonds is 5. The minimum absolute atomic E-state index is 0.0258. The fourth-order valence-corrected chi connectivity index (χ4v) is 3.40. The summed E-state index contributed by atoms with van der Waals surface area (Å²) in [5.41, 5.74) is 4.15. The van der Waals surface area contributed by atoms with Crippen LogP contribution in [0.5, 0.6) is 0 Å². The van der Waals surface area contributed by atoms with Crippen LogP contribution in [-0.2, 0) is 0 Å². The summed E-state index contributed by atoms with van der Waals surface area (Å²) >= 11 is 0. The Labute approximate surface area is 179 Å². The minimum atomic E-state index is -0.323. The summed E-state index contributed by atoms with van der Waals surface area (Å²) in [5, 5.41) is 7.32. The summed E-state index contributed by atoms with van der Waals surface area (Å²) < 4.78 is 20.7. The lowest BCUT2D eigenvalue weighted by molar-refractivity contribution is 0.102. The van der Waals surface area contributed by atoms with Crippen LogP contribution in [0, 0.1) is 19.7 Å². The Morgan fingerprint density at radius 1 is 1.13 bits per heavy atom. The van der Waals surface area contributed by atoms with Gasteiger partial charge in [0.25, 0.3) is 5.91 Å². The number of amides is 1. The summed E-state index contributed by atoms with van der Waals surface area (Å²) in [5.74, 6) is 0.709. The lowest BCUT2D eigenvalue weighted by Gasteiger charge is -2.13. The monoisotopic (exact) mass is 418 g/mol. The van der Waals surface area contributed by atoms with Crippen LogP contribution in [0.2, 0.25) is 0 Å². The predicted octanol–water partition coefficient (Wildman–Crippen LogP) is 5.66. The van der Waals surface area contributed by atoms with Crippen LogP contribution in [0.3, 0.4) is 0 Å². The number of aryl methyl sites for hydroxylation is 2. The molecule has 0 unspecified atom stereocenters. The molecule has 7 heteroatoms. The topological polar surface area (TPSA) is 73.0 Å². The number of anilines is 1. The van der Waals surface area contributed by atoms with Crippen LogP contribution in [0.4, 0.5) is 10.1 Å². The van der Waals surface area contributed by atoms with E-state index in [0.29, 0.717) is 22.8 Å². The van der Waals surface area contributed by atoms with Gasteiger partial charge in [0, 0.05) is 11.3 Å². The number of carbonyl (C=O) groups is 1. The second-order valence-electron chi connectivity index (χ2n) is 7.68. The van der Waals surface area contributed by atoms with Gasteiger partial charge in [0.2, 0.25) is 5.89 Å². The van der Waals surface area contributed by atoms with E-state index in [0.717, 1.165) is 22.7 Å². The van der Waals surface area contributed by atoms with Gasteiger partial charge in [0.15, 0.2) is 0 Å². The van der Waals surface area contributed by atoms with E-state index < -0.39 is 0 Å². The largest absolute Gasteiger partial charge is 0.441 e. The highest BCUT2D eigenvalue weighted by Crippen LogP contribution is 2.26. The molecule has 0 saturated carbocycles. The maximum absolute atomic E-state index is 13.3. The molecular weight excluding hydrogens is 395 g/mol. The van der Waals surface area contributed by atoms with Crippen molar-refractivity contribution in [1.82, 2.24) is 14.8 Å². The average Bonchev–Trinajstić information content (AvgIpc) is 3.33. The number of hydrogen-bond acceptors (Lipinski definition) is 4. The fourth-order valence-electron chi connectivity index (χ4n) is 3.40. The normalized spacial score (nSPS) is 11.2. The number of oxazole rings is 1. The SMILES string of the molecule is Cc1nc(-c2cccc(NC(=O)c3cnn(-c4ccc(F)cc4)c3C(C)C)c2)oc1C. The number of hydrogen-bond donors (Lipinski definition) is 1. The first kappa shape index (κ1) is 20.5. The molecule has 6 nitrogen and oxygen atoms in total. The molecule has 0 saturated heterocycles. The van der Waals surface area contributed by atoms with Gasteiger partial charge in [-0.2, -0.15) is 5.10 Å². The van der Waals surface area contributed by atoms with E-state index in [-0.39, 0.29) is 17.6 Å². The minimum Gasteiger partial charge on any atom is -0.441 e. The number of aromatic nitrogens is 3. The number of carbonyl (C=O) groups excluding carboxylic acids is 1. The second-order valence-corrected chi connectivity index (χ2v) is 7.68. The van der Waals surface area contributed by atoms with Gasteiger partial charge in [-0.05, 0) is 62.2 Å². The highest BCUT2D eigenvalue weighted by molar-refractivity contribution is 6.05. The molecule has 0 radical (unpaired) electrons. The maximum atomic E-state index is 13.3. The quantitative estimate of drug-likeness (QED) is 0.454. The van der Waals surface area contributed by atoms with Crippen LogP contribution in [0.15, 0.2) is 59.1 Å². The van der Waals surface area contributed by atoms with E-state index >= 15 is 0 Å². The molecule has 2 aromatic heterocycles. The molecule has 0 bridgehead atoms. The molecule has 4 rings (SSSR count). The third-order valence-electron chi connectivity index (χ3n) is 5.07. The lowest BCUT2D eigenvalue weighted by Crippen LogP contribution is -2.15. The number of nitrogens with zero attached hydrogens (tertiary/aromatic N) is 3. The Kier molecular flexibility index (Phi) is 5.42. The van der Waals surface area contributed by atoms with E-state index in [4.69, 9.17) is 4.42 Å². The van der Waals surface area contributed by atoms with E-state index in [2.05, 4.69) is 15.4 Å². The van der Waals surface area contributed by atoms with Gasteiger partial charge in [0.05, 0.1) is 28.8 Å². The molecule has 0 aliphatic carbocycles. The number of halogens is 1. The van der Waals surface area contributed by atoms with Gasteiger partial charge >= 0.3 is 0 Å². The van der Waals surface area contributed by atoms with Crippen LogP contribution in [0.25, 0.3) is 17.1 Å². The van der Waals surface area contributed by atoms with E-state index in [1.807, 2.05) is 52.0 Å². The summed E-state index contributed by atoms with van der Waals surface area (Å²) in [7, 11) is 0. The van der Waals surface area contributed by atoms with Crippen LogP contribution in [0.1, 0.15) is 47.3 Å². The molecule has 1 N–H and O–H groups in total. The zero-order chi connectivity index (χ0) is 22.1. The van der Waals surface area contributed by atoms with Crippen molar-refractivity contribution in [3.8, 4) is 17.1 Å². The first-order chi connectivity index (χ1) is 14.8. The van der Waals surface area contributed by atoms with Gasteiger partial charge in [-0.25, -0.2) is 14.1 Å². The zero-order valence-corrected chi connectivity index (χ0v) is 17.8. The highest BCUT2D eigenvalue weighted by Gasteiger charge is 2.21. The average molecular weight is 418 g/mol. The molecule has 0 spiro atoms. The lowest BCUT2D eigenvalue weighted by atomic mass is 10.0. The molecule has 4 aromatic rings. The van der Waals surface area contributed by atoms with Gasteiger partial charge in [0.1, 0.15) is 11.6 Å². The third kappa shape index (κ3) is 4.12. The Hall–Kier alpha value is -3.74. The van der Waals surface area contributed by atoms with E-state index in [9.17, 15) is 9.18 Å². The smallest absolute Gasteiger partial charge is 0.259 e. The van der Waals surface area contributed by atoms with Crippen molar-refractivity contribution in [1.29, 1.82) is 0 Å².